The molecule has 0 radical (unpaired) electrons. The van der Waals surface area contributed by atoms with Gasteiger partial charge in [-0.25, -0.2) is 9.59 Å². The molecule has 0 N–H and O–H groups in total. The zero-order valence-corrected chi connectivity index (χ0v) is 12.4. The lowest BCUT2D eigenvalue weighted by Gasteiger charge is -2.06. The molecule has 0 amide bonds. The van der Waals surface area contributed by atoms with Gasteiger partial charge in [0.25, 0.3) is 5.69 Å². The quantitative estimate of drug-likeness (QED) is 0.372. The Morgan fingerprint density at radius 2 is 1.57 bits per heavy atom. The van der Waals surface area contributed by atoms with Gasteiger partial charge in [-0.15, -0.1) is 0 Å². The number of methoxy groups -OCH3 is 1. The molecular weight excluding hydrogens is 302 g/mol. The standard InChI is InChI=1S/C16H13NO6/c1-10-9-13(7-8-14(10)17(20)21)23-16(19)12-5-3-11(4-6-12)15(18)22-2/h3-9H,1-2H3. The molecule has 0 spiro atoms. The van der Waals surface area contributed by atoms with Crippen LogP contribution in [0.4, 0.5) is 5.69 Å². The zero-order chi connectivity index (χ0) is 17.0. The van der Waals surface area contributed by atoms with Gasteiger partial charge in [0.15, 0.2) is 0 Å². The number of esters is 2. The molecule has 0 atom stereocenters. The van der Waals surface area contributed by atoms with Crippen LogP contribution in [0, 0.1) is 17.0 Å². The topological polar surface area (TPSA) is 95.7 Å². The van der Waals surface area contributed by atoms with Crippen molar-refractivity contribution in [1.82, 2.24) is 0 Å². The smallest absolute Gasteiger partial charge is 0.343 e. The number of nitro benzene ring substituents is 1. The lowest BCUT2D eigenvalue weighted by Crippen LogP contribution is -2.09. The van der Waals surface area contributed by atoms with Gasteiger partial charge in [-0.3, -0.25) is 10.1 Å². The molecule has 0 aliphatic heterocycles. The normalized spacial score (nSPS) is 10.0. The molecule has 0 unspecified atom stereocenters. The van der Waals surface area contributed by atoms with Crippen molar-refractivity contribution >= 4 is 17.6 Å². The van der Waals surface area contributed by atoms with Crippen molar-refractivity contribution in [3.63, 3.8) is 0 Å². The highest BCUT2D eigenvalue weighted by Crippen LogP contribution is 2.23. The Labute approximate surface area is 131 Å². The molecule has 2 aromatic rings. The number of hydrogen-bond donors (Lipinski definition) is 0. The maximum Gasteiger partial charge on any atom is 0.343 e. The zero-order valence-electron chi connectivity index (χ0n) is 12.4. The molecule has 0 aromatic heterocycles. The Kier molecular flexibility index (Phi) is 4.70. The molecule has 7 heteroatoms. The summed E-state index contributed by atoms with van der Waals surface area (Å²) in [5.41, 5.74) is 0.900. The Morgan fingerprint density at radius 1 is 1.00 bits per heavy atom. The molecule has 118 valence electrons. The predicted molar refractivity (Wildman–Crippen MR) is 80.6 cm³/mol. The van der Waals surface area contributed by atoms with Gasteiger partial charge in [-0.1, -0.05) is 0 Å². The van der Waals surface area contributed by atoms with E-state index in [1.165, 1.54) is 49.6 Å². The van der Waals surface area contributed by atoms with Gasteiger partial charge in [0.05, 0.1) is 23.2 Å². The molecule has 2 rings (SSSR count). The van der Waals surface area contributed by atoms with Crippen LogP contribution in [0.3, 0.4) is 0 Å². The third kappa shape index (κ3) is 3.70. The van der Waals surface area contributed by atoms with Gasteiger partial charge >= 0.3 is 11.9 Å². The van der Waals surface area contributed by atoms with Crippen molar-refractivity contribution in [2.75, 3.05) is 7.11 Å². The molecule has 2 aromatic carbocycles. The number of ether oxygens (including phenoxy) is 2. The highest BCUT2D eigenvalue weighted by molar-refractivity contribution is 5.94. The van der Waals surface area contributed by atoms with Gasteiger partial charge in [-0.2, -0.15) is 0 Å². The summed E-state index contributed by atoms with van der Waals surface area (Å²) in [6.45, 7) is 1.56. The molecule has 0 heterocycles. The fourth-order valence-corrected chi connectivity index (χ4v) is 1.92. The second-order valence-electron chi connectivity index (χ2n) is 4.66. The van der Waals surface area contributed by atoms with Gasteiger partial charge in [0.1, 0.15) is 5.75 Å². The van der Waals surface area contributed by atoms with E-state index in [9.17, 15) is 19.7 Å². The van der Waals surface area contributed by atoms with Gasteiger partial charge in [-0.05, 0) is 43.3 Å². The van der Waals surface area contributed by atoms with Crippen LogP contribution in [0.25, 0.3) is 0 Å². The van der Waals surface area contributed by atoms with Crippen LogP contribution in [0.1, 0.15) is 26.3 Å². The highest BCUT2D eigenvalue weighted by Gasteiger charge is 2.14. The number of carbonyl (C=O) groups is 2. The largest absolute Gasteiger partial charge is 0.465 e. The average Bonchev–Trinajstić information content (AvgIpc) is 2.54. The fourth-order valence-electron chi connectivity index (χ4n) is 1.92. The first-order valence-corrected chi connectivity index (χ1v) is 6.58. The van der Waals surface area contributed by atoms with Crippen molar-refractivity contribution < 1.29 is 24.0 Å². The number of hydrogen-bond acceptors (Lipinski definition) is 6. The molecular formula is C16H13NO6. The second-order valence-corrected chi connectivity index (χ2v) is 4.66. The lowest BCUT2D eigenvalue weighted by atomic mass is 10.1. The summed E-state index contributed by atoms with van der Waals surface area (Å²) in [7, 11) is 1.27. The molecule has 0 aliphatic carbocycles. The first kappa shape index (κ1) is 16.2. The summed E-state index contributed by atoms with van der Waals surface area (Å²) < 4.78 is 9.73. The average molecular weight is 315 g/mol. The molecule has 0 fully saturated rings. The van der Waals surface area contributed by atoms with E-state index in [-0.39, 0.29) is 17.0 Å². The SMILES string of the molecule is COC(=O)c1ccc(C(=O)Oc2ccc([N+](=O)[O-])c(C)c2)cc1. The fraction of sp³-hybridized carbons (Fsp3) is 0.125. The summed E-state index contributed by atoms with van der Waals surface area (Å²) >= 11 is 0. The van der Waals surface area contributed by atoms with Crippen LogP contribution in [-0.2, 0) is 4.74 Å². The first-order valence-electron chi connectivity index (χ1n) is 6.58. The van der Waals surface area contributed by atoms with E-state index in [2.05, 4.69) is 4.74 Å². The van der Waals surface area contributed by atoms with Crippen molar-refractivity contribution in [3.8, 4) is 5.75 Å². The number of nitrogens with zero attached hydrogens (tertiary/aromatic N) is 1. The van der Waals surface area contributed by atoms with Crippen molar-refractivity contribution in [3.05, 3.63) is 69.3 Å². The van der Waals surface area contributed by atoms with Crippen LogP contribution in [0.15, 0.2) is 42.5 Å². The molecule has 0 bridgehead atoms. The summed E-state index contributed by atoms with van der Waals surface area (Å²) in [5, 5.41) is 10.7. The minimum Gasteiger partial charge on any atom is -0.465 e. The van der Waals surface area contributed by atoms with E-state index in [1.807, 2.05) is 0 Å². The maximum atomic E-state index is 12.0. The third-order valence-electron chi connectivity index (χ3n) is 3.12. The van der Waals surface area contributed by atoms with Crippen LogP contribution in [0.2, 0.25) is 0 Å². The maximum absolute atomic E-state index is 12.0. The Bertz CT molecular complexity index is 767. The molecule has 0 saturated carbocycles. The molecule has 7 nitrogen and oxygen atoms in total. The highest BCUT2D eigenvalue weighted by atomic mass is 16.6. The van der Waals surface area contributed by atoms with Crippen LogP contribution < -0.4 is 4.74 Å². The van der Waals surface area contributed by atoms with E-state index in [0.717, 1.165) is 0 Å². The molecule has 0 saturated heterocycles. The first-order chi connectivity index (χ1) is 10.9. The summed E-state index contributed by atoms with van der Waals surface area (Å²) in [6.07, 6.45) is 0. The van der Waals surface area contributed by atoms with Crippen LogP contribution >= 0.6 is 0 Å². The summed E-state index contributed by atoms with van der Waals surface area (Å²) in [6, 6.07) is 9.82. The predicted octanol–water partition coefficient (Wildman–Crippen LogP) is 2.91. The van der Waals surface area contributed by atoms with Gasteiger partial charge in [0.2, 0.25) is 0 Å². The van der Waals surface area contributed by atoms with Crippen LogP contribution in [0.5, 0.6) is 5.75 Å². The van der Waals surface area contributed by atoms with E-state index < -0.39 is 16.9 Å². The van der Waals surface area contributed by atoms with E-state index in [0.29, 0.717) is 11.1 Å². The van der Waals surface area contributed by atoms with Gasteiger partial charge in [0, 0.05) is 11.6 Å². The minimum atomic E-state index is -0.630. The van der Waals surface area contributed by atoms with Crippen molar-refractivity contribution in [2.45, 2.75) is 6.92 Å². The monoisotopic (exact) mass is 315 g/mol. The number of aryl methyl sites for hydroxylation is 1. The van der Waals surface area contributed by atoms with E-state index >= 15 is 0 Å². The Hall–Kier alpha value is -3.22. The number of carbonyl (C=O) groups excluding carboxylic acids is 2. The minimum absolute atomic E-state index is 0.0489. The van der Waals surface area contributed by atoms with Crippen molar-refractivity contribution in [2.24, 2.45) is 0 Å². The van der Waals surface area contributed by atoms with Gasteiger partial charge < -0.3 is 9.47 Å². The Morgan fingerprint density at radius 3 is 2.04 bits per heavy atom. The summed E-state index contributed by atoms with van der Waals surface area (Å²) in [4.78, 5) is 33.6. The van der Waals surface area contributed by atoms with E-state index in [4.69, 9.17) is 4.74 Å². The number of nitro groups is 1. The number of rotatable bonds is 4. The lowest BCUT2D eigenvalue weighted by molar-refractivity contribution is -0.385. The van der Waals surface area contributed by atoms with Crippen molar-refractivity contribution in [1.29, 1.82) is 0 Å². The number of benzene rings is 2. The molecule has 0 aliphatic rings. The summed E-state index contributed by atoms with van der Waals surface area (Å²) in [5.74, 6) is -0.930. The second kappa shape index (κ2) is 6.69. The van der Waals surface area contributed by atoms with E-state index in [1.54, 1.807) is 6.92 Å². The molecule has 23 heavy (non-hydrogen) atoms. The Balaban J connectivity index is 2.14. The third-order valence-corrected chi connectivity index (χ3v) is 3.12. The van der Waals surface area contributed by atoms with Crippen LogP contribution in [-0.4, -0.2) is 24.0 Å².